The first-order valence-electron chi connectivity index (χ1n) is 16.0. The van der Waals surface area contributed by atoms with E-state index in [2.05, 4.69) is 37.5 Å². The van der Waals surface area contributed by atoms with Gasteiger partial charge in [-0.2, -0.15) is 0 Å². The summed E-state index contributed by atoms with van der Waals surface area (Å²) in [5, 5.41) is 6.29. The highest BCUT2D eigenvalue weighted by Gasteiger charge is 2.30. The van der Waals surface area contributed by atoms with Gasteiger partial charge >= 0.3 is 6.16 Å². The zero-order valence-electron chi connectivity index (χ0n) is 27.8. The maximum atomic E-state index is 13.1. The van der Waals surface area contributed by atoms with Crippen LogP contribution in [-0.4, -0.2) is 82.5 Å². The number of aryl methyl sites for hydroxylation is 1. The lowest BCUT2D eigenvalue weighted by Gasteiger charge is -2.41. The first kappa shape index (κ1) is 33.5. The number of nitrogens with one attached hydrogen (secondary N) is 2. The molecule has 0 bridgehead atoms. The Hall–Kier alpha value is -4.87. The van der Waals surface area contributed by atoms with Crippen molar-refractivity contribution in [1.29, 1.82) is 0 Å². The lowest BCUT2D eigenvalue weighted by Crippen LogP contribution is -2.58. The van der Waals surface area contributed by atoms with Crippen molar-refractivity contribution in [3.8, 4) is 11.3 Å². The number of anilines is 3. The number of nitrogens with zero attached hydrogens (tertiary/aromatic N) is 5. The number of rotatable bonds is 11. The van der Waals surface area contributed by atoms with Gasteiger partial charge in [0.2, 0.25) is 12.7 Å². The fourth-order valence-electron chi connectivity index (χ4n) is 5.08. The molecule has 5 rings (SSSR count). The topological polar surface area (TPSA) is 119 Å². The van der Waals surface area contributed by atoms with Gasteiger partial charge in [-0.05, 0) is 73.4 Å². The standard InChI is InChI=1S/C36H43N7O4/c1-25(2)27(4)47-36(45)46-24-43(5)19-17-42(18-20-43)23-28-9-11-29(12-10-28)34(44)39-31-13-8-26(3)33(21-31)41-35-38-16-14-32(40-35)30-7-6-15-37-22-30/h6-16,21-22,25,27H,17-20,23-24H2,1-5H3,(H-,38,39,40,41,44)/p+1. The zero-order chi connectivity index (χ0) is 33.4. The molecule has 1 saturated heterocycles. The number of amides is 1. The number of hydrogen-bond donors (Lipinski definition) is 2. The molecule has 1 amide bonds. The van der Waals surface area contributed by atoms with Gasteiger partial charge in [0.15, 0.2) is 0 Å². The Bertz CT molecular complexity index is 1660. The number of benzene rings is 2. The van der Waals surface area contributed by atoms with Gasteiger partial charge in [0, 0.05) is 60.7 Å². The van der Waals surface area contributed by atoms with E-state index >= 15 is 0 Å². The van der Waals surface area contributed by atoms with Gasteiger partial charge < -0.3 is 20.1 Å². The van der Waals surface area contributed by atoms with E-state index in [1.807, 2.05) is 88.4 Å². The van der Waals surface area contributed by atoms with Gasteiger partial charge in [-0.1, -0.05) is 32.0 Å². The Morgan fingerprint density at radius 3 is 2.47 bits per heavy atom. The highest BCUT2D eigenvalue weighted by Crippen LogP contribution is 2.25. The molecule has 0 radical (unpaired) electrons. The fraction of sp³-hybridized carbons (Fsp3) is 0.361. The van der Waals surface area contributed by atoms with Gasteiger partial charge in [-0.25, -0.2) is 14.8 Å². The monoisotopic (exact) mass is 638 g/mol. The molecule has 1 aliphatic heterocycles. The van der Waals surface area contributed by atoms with E-state index < -0.39 is 6.16 Å². The summed E-state index contributed by atoms with van der Waals surface area (Å²) >= 11 is 0. The Kier molecular flexibility index (Phi) is 10.8. The van der Waals surface area contributed by atoms with Crippen molar-refractivity contribution in [2.24, 2.45) is 5.92 Å². The van der Waals surface area contributed by atoms with Crippen LogP contribution in [0.1, 0.15) is 42.3 Å². The van der Waals surface area contributed by atoms with Gasteiger partial charge in [-0.3, -0.25) is 19.2 Å². The van der Waals surface area contributed by atoms with Crippen LogP contribution >= 0.6 is 0 Å². The average molecular weight is 639 g/mol. The molecule has 2 aromatic carbocycles. The second-order valence-corrected chi connectivity index (χ2v) is 12.7. The number of hydrogen-bond acceptors (Lipinski definition) is 9. The summed E-state index contributed by atoms with van der Waals surface area (Å²) in [5.41, 5.74) is 5.83. The number of pyridine rings is 1. The Labute approximate surface area is 276 Å². The number of quaternary nitrogens is 1. The highest BCUT2D eigenvalue weighted by atomic mass is 16.7. The van der Waals surface area contributed by atoms with E-state index in [4.69, 9.17) is 9.47 Å². The maximum absolute atomic E-state index is 13.1. The second-order valence-electron chi connectivity index (χ2n) is 12.7. The minimum Gasteiger partial charge on any atom is -0.431 e. The molecule has 1 aliphatic rings. The van der Waals surface area contributed by atoms with Crippen LogP contribution in [0.15, 0.2) is 79.3 Å². The lowest BCUT2D eigenvalue weighted by molar-refractivity contribution is -0.929. The Balaban J connectivity index is 1.11. The van der Waals surface area contributed by atoms with Crippen LogP contribution in [0.2, 0.25) is 0 Å². The van der Waals surface area contributed by atoms with Crippen LogP contribution in [0.4, 0.5) is 22.1 Å². The van der Waals surface area contributed by atoms with Crippen LogP contribution in [0.5, 0.6) is 0 Å². The number of piperazine rings is 1. The predicted octanol–water partition coefficient (Wildman–Crippen LogP) is 6.26. The smallest absolute Gasteiger partial charge is 0.431 e. The SMILES string of the molecule is Cc1ccc(NC(=O)c2ccc(CN3CC[N+](C)(COC(=O)OC(C)C(C)C)CC3)cc2)cc1Nc1nccc(-c2cccnc2)n1. The van der Waals surface area contributed by atoms with Gasteiger partial charge in [0.25, 0.3) is 5.91 Å². The van der Waals surface area contributed by atoms with Crippen molar-refractivity contribution >= 4 is 29.4 Å². The maximum Gasteiger partial charge on any atom is 0.512 e. The summed E-state index contributed by atoms with van der Waals surface area (Å²) < 4.78 is 11.4. The van der Waals surface area contributed by atoms with Gasteiger partial charge in [0.1, 0.15) is 6.10 Å². The molecule has 0 aliphatic carbocycles. The molecule has 4 aromatic rings. The molecule has 2 aromatic heterocycles. The Morgan fingerprint density at radius 1 is 1.00 bits per heavy atom. The van der Waals surface area contributed by atoms with E-state index in [9.17, 15) is 9.59 Å². The molecule has 1 atom stereocenters. The summed E-state index contributed by atoms with van der Waals surface area (Å²) in [6.45, 7) is 12.4. The van der Waals surface area contributed by atoms with Crippen LogP contribution in [0, 0.1) is 12.8 Å². The quantitative estimate of drug-likeness (QED) is 0.145. The molecule has 1 fully saturated rings. The molecule has 47 heavy (non-hydrogen) atoms. The minimum atomic E-state index is -0.603. The summed E-state index contributed by atoms with van der Waals surface area (Å²) in [6.07, 6.45) is 4.41. The van der Waals surface area contributed by atoms with Crippen molar-refractivity contribution in [1.82, 2.24) is 19.9 Å². The van der Waals surface area contributed by atoms with E-state index in [0.717, 1.165) is 60.8 Å². The van der Waals surface area contributed by atoms with Crippen molar-refractivity contribution < 1.29 is 23.5 Å². The molecule has 1 unspecified atom stereocenters. The third-order valence-corrected chi connectivity index (χ3v) is 8.60. The largest absolute Gasteiger partial charge is 0.512 e. The average Bonchev–Trinajstić information content (AvgIpc) is 3.07. The molecule has 11 heteroatoms. The van der Waals surface area contributed by atoms with E-state index in [1.54, 1.807) is 18.6 Å². The lowest BCUT2D eigenvalue weighted by atomic mass is 10.1. The van der Waals surface area contributed by atoms with Crippen LogP contribution in [-0.2, 0) is 16.0 Å². The fourth-order valence-corrected chi connectivity index (χ4v) is 5.08. The first-order chi connectivity index (χ1) is 22.6. The molecule has 246 valence electrons. The van der Waals surface area contributed by atoms with Crippen molar-refractivity contribution in [2.45, 2.75) is 40.3 Å². The predicted molar refractivity (Wildman–Crippen MR) is 182 cm³/mol. The summed E-state index contributed by atoms with van der Waals surface area (Å²) in [7, 11) is 2.10. The summed E-state index contributed by atoms with van der Waals surface area (Å²) in [4.78, 5) is 40.7. The van der Waals surface area contributed by atoms with Crippen LogP contribution < -0.4 is 10.6 Å². The number of carbonyl (C=O) groups is 2. The molecular weight excluding hydrogens is 594 g/mol. The molecule has 2 N–H and O–H groups in total. The highest BCUT2D eigenvalue weighted by molar-refractivity contribution is 6.04. The second kappa shape index (κ2) is 15.1. The third-order valence-electron chi connectivity index (χ3n) is 8.60. The number of aromatic nitrogens is 3. The molecule has 0 saturated carbocycles. The first-order valence-corrected chi connectivity index (χ1v) is 16.0. The Morgan fingerprint density at radius 2 is 1.77 bits per heavy atom. The van der Waals surface area contributed by atoms with Crippen LogP contribution in [0.25, 0.3) is 11.3 Å². The molecule has 0 spiro atoms. The van der Waals surface area contributed by atoms with E-state index in [1.165, 1.54) is 0 Å². The molecular formula is C36H44N7O4+. The third kappa shape index (κ3) is 9.34. The number of ether oxygens (including phenoxy) is 2. The van der Waals surface area contributed by atoms with Gasteiger partial charge in [-0.15, -0.1) is 0 Å². The normalized spacial score (nSPS) is 15.1. The molecule has 3 heterocycles. The minimum absolute atomic E-state index is 0.177. The number of likely N-dealkylation sites (N-methyl/N-ethyl adjacent to an activating group) is 1. The van der Waals surface area contributed by atoms with E-state index in [-0.39, 0.29) is 17.9 Å². The number of carbonyl (C=O) groups excluding carboxylic acids is 2. The summed E-state index contributed by atoms with van der Waals surface area (Å²) in [5.74, 6) is 0.511. The zero-order valence-corrected chi connectivity index (χ0v) is 27.8. The van der Waals surface area contributed by atoms with Crippen molar-refractivity contribution in [3.05, 3.63) is 95.9 Å². The molecule has 11 nitrogen and oxygen atoms in total. The van der Waals surface area contributed by atoms with E-state index in [0.29, 0.717) is 28.4 Å². The summed E-state index contributed by atoms with van der Waals surface area (Å²) in [6, 6.07) is 19.1. The van der Waals surface area contributed by atoms with Crippen molar-refractivity contribution in [2.75, 3.05) is 50.6 Å². The van der Waals surface area contributed by atoms with Gasteiger partial charge in [0.05, 0.1) is 25.8 Å². The van der Waals surface area contributed by atoms with Crippen molar-refractivity contribution in [3.63, 3.8) is 0 Å². The van der Waals surface area contributed by atoms with Crippen LogP contribution in [0.3, 0.4) is 0 Å².